The number of hydrogen-bond acceptors (Lipinski definition) is 3. The van der Waals surface area contributed by atoms with Gasteiger partial charge in [-0.05, 0) is 0 Å². The smallest absolute Gasteiger partial charge is 0.477 e. The van der Waals surface area contributed by atoms with Gasteiger partial charge in [-0.1, -0.05) is 0 Å². The van der Waals surface area contributed by atoms with Crippen molar-refractivity contribution in [3.8, 4) is 6.07 Å². The van der Waals surface area contributed by atoms with Gasteiger partial charge in [0.05, 0.1) is 11.7 Å². The highest BCUT2D eigenvalue weighted by molar-refractivity contribution is 6.18. The maximum absolute atomic E-state index is 13.8. The average molecular weight is 342 g/mol. The van der Waals surface area contributed by atoms with Crippen LogP contribution in [0.3, 0.4) is 0 Å². The molecule has 1 aromatic rings. The summed E-state index contributed by atoms with van der Waals surface area (Å²) >= 11 is -1.73. The van der Waals surface area contributed by atoms with Crippen LogP contribution in [0.2, 0.25) is 0 Å². The zero-order valence-corrected chi connectivity index (χ0v) is 11.5. The van der Waals surface area contributed by atoms with Crippen molar-refractivity contribution in [1.29, 1.82) is 5.26 Å². The van der Waals surface area contributed by atoms with Crippen LogP contribution >= 0.6 is 0 Å². The van der Waals surface area contributed by atoms with E-state index in [1.807, 2.05) is 0 Å². The van der Waals surface area contributed by atoms with Crippen LogP contribution in [0.5, 0.6) is 0 Å². The minimum atomic E-state index is -4.81. The van der Waals surface area contributed by atoms with Gasteiger partial charge in [0.25, 0.3) is 0 Å². The first kappa shape index (κ1) is 17.0. The third-order valence-electron chi connectivity index (χ3n) is 2.96. The Kier molecular flexibility index (Phi) is 4.68. The van der Waals surface area contributed by atoms with Crippen LogP contribution in [0.1, 0.15) is 23.7 Å². The first-order chi connectivity index (χ1) is 10.2. The molecule has 2 atom stereocenters. The number of rotatable bonds is 1. The summed E-state index contributed by atoms with van der Waals surface area (Å²) in [5.41, 5.74) is -2.82. The lowest BCUT2D eigenvalue weighted by molar-refractivity contribution is -0.214. The fraction of sp³-hybridized carbons (Fsp3) is 0.364. The van der Waals surface area contributed by atoms with E-state index in [1.165, 1.54) is 0 Å². The molecule has 1 aromatic carbocycles. The van der Waals surface area contributed by atoms with Gasteiger partial charge in [-0.2, -0.15) is 18.4 Å². The van der Waals surface area contributed by atoms with E-state index in [4.69, 9.17) is 9.05 Å². The summed E-state index contributed by atoms with van der Waals surface area (Å²) in [7, 11) is 0. The van der Waals surface area contributed by atoms with Crippen molar-refractivity contribution in [3.63, 3.8) is 0 Å². The van der Waals surface area contributed by atoms with Gasteiger partial charge in [-0.15, -0.1) is 0 Å². The summed E-state index contributed by atoms with van der Waals surface area (Å²) in [6.45, 7) is 0. The molecule has 0 spiro atoms. The molecule has 22 heavy (non-hydrogen) atoms. The molecular weight excluding hydrogens is 338 g/mol. The van der Waals surface area contributed by atoms with E-state index in [0.717, 1.165) is 6.07 Å². The number of nitrogens with zero attached hydrogens (tertiary/aromatic N) is 1. The molecule has 0 aliphatic carbocycles. The summed E-state index contributed by atoms with van der Waals surface area (Å²) in [5.74, 6) is -7.87. The zero-order valence-electron chi connectivity index (χ0n) is 10.3. The number of benzene rings is 1. The standard InChI is InChI=1S/C11H4F7NO2.Al/c12-7-3(2-19)8(13)10(15)6(9(7)14)4(20)1-5(21)11(16,17)18;/h4-5H,1H2;/q-2;+2. The molecule has 0 saturated carbocycles. The summed E-state index contributed by atoms with van der Waals surface area (Å²) in [6.07, 6.45) is -10.1. The molecule has 1 aliphatic heterocycles. The second kappa shape index (κ2) is 6.05. The lowest BCUT2D eigenvalue weighted by Gasteiger charge is -2.32. The van der Waals surface area contributed by atoms with Crippen LogP contribution in [0.15, 0.2) is 0 Å². The normalized spacial score (nSPS) is 22.1. The van der Waals surface area contributed by atoms with E-state index in [-0.39, 0.29) is 0 Å². The maximum atomic E-state index is 13.8. The molecule has 0 N–H and O–H groups in total. The summed E-state index contributed by atoms with van der Waals surface area (Å²) in [5, 5.41) is 8.44. The van der Waals surface area contributed by atoms with Gasteiger partial charge in [0.1, 0.15) is 17.7 Å². The monoisotopic (exact) mass is 342 g/mol. The molecule has 1 fully saturated rings. The lowest BCUT2D eigenvalue weighted by atomic mass is 9.99. The lowest BCUT2D eigenvalue weighted by Crippen LogP contribution is -2.40. The molecule has 1 saturated heterocycles. The molecule has 2 rings (SSSR count). The summed E-state index contributed by atoms with van der Waals surface area (Å²) < 4.78 is 101. The highest BCUT2D eigenvalue weighted by Crippen LogP contribution is 2.38. The molecule has 117 valence electrons. The Balaban J connectivity index is 2.47. The van der Waals surface area contributed by atoms with E-state index >= 15 is 0 Å². The van der Waals surface area contributed by atoms with Crippen LogP contribution in [0.4, 0.5) is 30.7 Å². The van der Waals surface area contributed by atoms with E-state index in [2.05, 4.69) is 3.79 Å². The van der Waals surface area contributed by atoms with E-state index in [0.29, 0.717) is 0 Å². The Hall–Kier alpha value is -1.33. The van der Waals surface area contributed by atoms with E-state index in [1.54, 1.807) is 0 Å². The Bertz CT molecular complexity index is 614. The number of nitriles is 1. The van der Waals surface area contributed by atoms with Crippen molar-refractivity contribution < 1.29 is 38.3 Å². The molecular formula is C11H4AlF7NO2. The average Bonchev–Trinajstić information content (AvgIpc) is 2.46. The number of alkyl halides is 3. The minimum Gasteiger partial charge on any atom is -0.477 e. The van der Waals surface area contributed by atoms with Crippen LogP contribution in [-0.4, -0.2) is 28.2 Å². The SMILES string of the molecule is N#Cc1c(F)c(F)c(C2CC(C(F)(F)F)[O][Al][O]2)c(F)c1F. The van der Waals surface area contributed by atoms with Crippen molar-refractivity contribution in [2.45, 2.75) is 24.8 Å². The topological polar surface area (TPSA) is 42.2 Å². The van der Waals surface area contributed by atoms with Gasteiger partial charge in [0.15, 0.2) is 23.3 Å². The highest BCUT2D eigenvalue weighted by atomic mass is 27.2. The van der Waals surface area contributed by atoms with Crippen LogP contribution in [-0.2, 0) is 7.58 Å². The Labute approximate surface area is 125 Å². The zero-order chi connectivity index (χ0) is 16.7. The van der Waals surface area contributed by atoms with Crippen molar-refractivity contribution in [1.82, 2.24) is 0 Å². The third kappa shape index (κ3) is 2.92. The molecule has 1 aliphatic rings. The molecule has 11 heteroatoms. The molecule has 1 heterocycles. The predicted octanol–water partition coefficient (Wildman–Crippen LogP) is 3.06. The molecule has 0 bridgehead atoms. The second-order valence-electron chi connectivity index (χ2n) is 4.28. The molecule has 0 amide bonds. The minimum absolute atomic E-state index is 0.938. The quantitative estimate of drug-likeness (QED) is 0.448. The van der Waals surface area contributed by atoms with Gasteiger partial charge >= 0.3 is 22.1 Å². The van der Waals surface area contributed by atoms with Crippen molar-refractivity contribution in [2.24, 2.45) is 0 Å². The highest BCUT2D eigenvalue weighted by Gasteiger charge is 2.46. The van der Waals surface area contributed by atoms with Gasteiger partial charge in [0, 0.05) is 6.42 Å². The van der Waals surface area contributed by atoms with E-state index < -0.39 is 75.1 Å². The van der Waals surface area contributed by atoms with Crippen molar-refractivity contribution >= 4 is 15.9 Å². The largest absolute Gasteiger partial charge is 0.669 e. The molecule has 2 unspecified atom stereocenters. The Morgan fingerprint density at radius 2 is 1.55 bits per heavy atom. The molecule has 0 aromatic heterocycles. The molecule has 3 nitrogen and oxygen atoms in total. The van der Waals surface area contributed by atoms with Gasteiger partial charge in [-0.25, -0.2) is 17.6 Å². The molecule has 1 radical (unpaired) electrons. The summed E-state index contributed by atoms with van der Waals surface area (Å²) in [4.78, 5) is 0. The van der Waals surface area contributed by atoms with Crippen molar-refractivity contribution in [2.75, 3.05) is 0 Å². The predicted molar refractivity (Wildman–Crippen MR) is 56.1 cm³/mol. The van der Waals surface area contributed by atoms with Crippen molar-refractivity contribution in [3.05, 3.63) is 34.4 Å². The van der Waals surface area contributed by atoms with Crippen LogP contribution < -0.4 is 0 Å². The first-order valence-corrected chi connectivity index (χ1v) is 6.58. The van der Waals surface area contributed by atoms with Gasteiger partial charge in [-0.3, -0.25) is 0 Å². The van der Waals surface area contributed by atoms with E-state index in [9.17, 15) is 30.7 Å². The fourth-order valence-corrected chi connectivity index (χ4v) is 2.74. The Morgan fingerprint density at radius 1 is 1.00 bits per heavy atom. The maximum Gasteiger partial charge on any atom is 0.669 e. The van der Waals surface area contributed by atoms with Crippen LogP contribution in [0.25, 0.3) is 0 Å². The second-order valence-corrected chi connectivity index (χ2v) is 5.02. The first-order valence-electron chi connectivity index (χ1n) is 5.63. The fourth-order valence-electron chi connectivity index (χ4n) is 1.90. The van der Waals surface area contributed by atoms with Crippen LogP contribution in [0, 0.1) is 34.6 Å². The third-order valence-corrected chi connectivity index (χ3v) is 3.84. The number of halogens is 7. The summed E-state index contributed by atoms with van der Waals surface area (Å²) in [6, 6.07) is 0.938. The van der Waals surface area contributed by atoms with Gasteiger partial charge < -0.3 is 7.58 Å². The van der Waals surface area contributed by atoms with Gasteiger partial charge in [0.2, 0.25) is 0 Å². The Morgan fingerprint density at radius 3 is 2.00 bits per heavy atom. The number of hydrogen-bond donors (Lipinski definition) is 0.